The van der Waals surface area contributed by atoms with Gasteiger partial charge in [0.15, 0.2) is 11.6 Å². The van der Waals surface area contributed by atoms with E-state index in [0.717, 1.165) is 17.0 Å². The Morgan fingerprint density at radius 3 is 2.24 bits per heavy atom. The van der Waals surface area contributed by atoms with Crippen molar-refractivity contribution >= 4 is 34.6 Å². The lowest BCUT2D eigenvalue weighted by molar-refractivity contribution is -0.146. The van der Waals surface area contributed by atoms with E-state index in [1.165, 1.54) is 18.4 Å². The van der Waals surface area contributed by atoms with E-state index in [1.807, 2.05) is 70.3 Å². The minimum absolute atomic E-state index is 0.0113. The number of ketones is 3. The SMILES string of the molecule is CC[C@H](C)C([C@H](CC(=O)CCC1O[C@H](C(=O)C[C@@H](Cc2ccccc2)c2nccs2)[C@@H](OC)[C@@H]1CO)OC)N(C)C(=O)[C@@H](CC(=O)[C@@H](NC)C(C)C)C(C)C. The maximum absolute atomic E-state index is 14.1. The number of ether oxygens (including phenoxy) is 3. The van der Waals surface area contributed by atoms with Gasteiger partial charge < -0.3 is 29.5 Å². The number of rotatable bonds is 25. The van der Waals surface area contributed by atoms with E-state index in [0.29, 0.717) is 12.8 Å². The Morgan fingerprint density at radius 2 is 1.71 bits per heavy atom. The molecule has 308 valence electrons. The van der Waals surface area contributed by atoms with Gasteiger partial charge in [-0.25, -0.2) is 4.98 Å². The molecule has 11 nitrogen and oxygen atoms in total. The van der Waals surface area contributed by atoms with Crippen LogP contribution in [0.2, 0.25) is 0 Å². The summed E-state index contributed by atoms with van der Waals surface area (Å²) in [5.41, 5.74) is 1.11. The maximum atomic E-state index is 14.1. The monoisotopic (exact) mass is 785 g/mol. The number of hydrogen-bond acceptors (Lipinski definition) is 11. The highest BCUT2D eigenvalue weighted by Crippen LogP contribution is 2.36. The summed E-state index contributed by atoms with van der Waals surface area (Å²) in [6.45, 7) is 11.7. The lowest BCUT2D eigenvalue weighted by atomic mass is 9.83. The molecular weight excluding hydrogens is 719 g/mol. The molecule has 2 unspecified atom stereocenters. The molecule has 1 aliphatic rings. The number of hydrogen-bond donors (Lipinski definition) is 2. The molecule has 0 saturated carbocycles. The van der Waals surface area contributed by atoms with Gasteiger partial charge in [0.1, 0.15) is 11.9 Å². The van der Waals surface area contributed by atoms with E-state index < -0.39 is 42.3 Å². The zero-order valence-corrected chi connectivity index (χ0v) is 35.6. The molecule has 0 aliphatic carbocycles. The first kappa shape index (κ1) is 46.5. The number of amides is 1. The van der Waals surface area contributed by atoms with Crippen LogP contribution in [0.5, 0.6) is 0 Å². The lowest BCUT2D eigenvalue weighted by Gasteiger charge is -2.40. The number of carbonyl (C=O) groups excluding carboxylic acids is 4. The summed E-state index contributed by atoms with van der Waals surface area (Å²) in [6, 6.07) is 9.26. The third-order valence-corrected chi connectivity index (χ3v) is 12.5. The van der Waals surface area contributed by atoms with Crippen molar-refractivity contribution in [2.24, 2.45) is 29.6 Å². The predicted octanol–water partition coefficient (Wildman–Crippen LogP) is 5.92. The Morgan fingerprint density at radius 1 is 1.02 bits per heavy atom. The van der Waals surface area contributed by atoms with E-state index >= 15 is 0 Å². The molecule has 55 heavy (non-hydrogen) atoms. The summed E-state index contributed by atoms with van der Waals surface area (Å²) < 4.78 is 18.1. The molecule has 12 heteroatoms. The van der Waals surface area contributed by atoms with Gasteiger partial charge in [-0.05, 0) is 43.2 Å². The zero-order valence-electron chi connectivity index (χ0n) is 34.7. The number of benzene rings is 1. The van der Waals surface area contributed by atoms with Crippen LogP contribution in [0.1, 0.15) is 96.6 Å². The van der Waals surface area contributed by atoms with Crippen molar-refractivity contribution in [3.8, 4) is 0 Å². The second-order valence-electron chi connectivity index (χ2n) is 16.0. The van der Waals surface area contributed by atoms with E-state index in [2.05, 4.69) is 17.2 Å². The summed E-state index contributed by atoms with van der Waals surface area (Å²) in [7, 11) is 6.61. The first-order chi connectivity index (χ1) is 26.2. The highest BCUT2D eigenvalue weighted by Gasteiger charge is 2.48. The van der Waals surface area contributed by atoms with E-state index in [1.54, 1.807) is 32.3 Å². The summed E-state index contributed by atoms with van der Waals surface area (Å²) in [5, 5.41) is 16.3. The van der Waals surface area contributed by atoms with Crippen LogP contribution in [0.15, 0.2) is 41.9 Å². The smallest absolute Gasteiger partial charge is 0.226 e. The van der Waals surface area contributed by atoms with Crippen molar-refractivity contribution in [1.82, 2.24) is 15.2 Å². The van der Waals surface area contributed by atoms with E-state index in [4.69, 9.17) is 14.2 Å². The molecule has 1 aromatic heterocycles. The predicted molar refractivity (Wildman–Crippen MR) is 216 cm³/mol. The molecule has 1 aliphatic heterocycles. The molecular formula is C43H67N3O8S. The van der Waals surface area contributed by atoms with Gasteiger partial charge in [-0.2, -0.15) is 0 Å². The highest BCUT2D eigenvalue weighted by atomic mass is 32.1. The summed E-state index contributed by atoms with van der Waals surface area (Å²) in [4.78, 5) is 61.2. The number of likely N-dealkylation sites (N-methyl/N-ethyl adjacent to an activating group) is 2. The molecule has 0 bridgehead atoms. The Bertz CT molecular complexity index is 1470. The molecule has 1 saturated heterocycles. The van der Waals surface area contributed by atoms with Crippen molar-refractivity contribution in [3.63, 3.8) is 0 Å². The average Bonchev–Trinajstić information content (AvgIpc) is 3.84. The van der Waals surface area contributed by atoms with Crippen LogP contribution in [0.3, 0.4) is 0 Å². The Hall–Kier alpha value is -2.87. The number of Topliss-reactive ketones (excluding diaryl/α,β-unsaturated/α-hetero) is 3. The standard InChI is InChI=1S/C43H67N3O8S/c1-11-28(6)39(46(8)43(51)32(26(2)3)24-34(49)38(44-7)27(4)5)37(52-9)23-31(48)17-18-36-33(25-47)40(53-10)41(54-36)35(50)22-30(42-45-19-20-55-42)21-29-15-13-12-14-16-29/h12-16,19-20,26-28,30,32-33,36-41,44,47H,11,17-18,21-25H2,1-10H3/t28-,30+,32-,33+,36?,37-,38-,39?,40-,41+/m0/s1. The molecule has 0 radical (unpaired) electrons. The largest absolute Gasteiger partial charge is 0.396 e. The number of aliphatic hydroxyl groups is 1. The normalized spacial score (nSPS) is 21.9. The van der Waals surface area contributed by atoms with Gasteiger partial charge in [0, 0.05) is 76.3 Å². The molecule has 1 aromatic carbocycles. The molecule has 0 spiro atoms. The number of thiazole rings is 1. The Labute approximate surface area is 333 Å². The minimum Gasteiger partial charge on any atom is -0.396 e. The van der Waals surface area contributed by atoms with Gasteiger partial charge in [0.25, 0.3) is 0 Å². The highest BCUT2D eigenvalue weighted by molar-refractivity contribution is 7.09. The minimum atomic E-state index is -0.883. The zero-order chi connectivity index (χ0) is 40.8. The van der Waals surface area contributed by atoms with Gasteiger partial charge in [-0.1, -0.05) is 78.3 Å². The van der Waals surface area contributed by atoms with Gasteiger partial charge in [0.2, 0.25) is 5.91 Å². The number of nitrogens with one attached hydrogen (secondary N) is 1. The van der Waals surface area contributed by atoms with Crippen LogP contribution in [-0.2, 0) is 39.8 Å². The van der Waals surface area contributed by atoms with Crippen LogP contribution < -0.4 is 5.32 Å². The first-order valence-electron chi connectivity index (χ1n) is 20.0. The van der Waals surface area contributed by atoms with E-state index in [-0.39, 0.29) is 85.3 Å². The maximum Gasteiger partial charge on any atom is 0.226 e. The van der Waals surface area contributed by atoms with Crippen LogP contribution in [0.4, 0.5) is 0 Å². The van der Waals surface area contributed by atoms with Crippen molar-refractivity contribution in [2.45, 2.75) is 129 Å². The fourth-order valence-corrected chi connectivity index (χ4v) is 8.99. The molecule has 10 atom stereocenters. The van der Waals surface area contributed by atoms with Gasteiger partial charge >= 0.3 is 0 Å². The van der Waals surface area contributed by atoms with Crippen LogP contribution >= 0.6 is 11.3 Å². The third kappa shape index (κ3) is 12.6. The third-order valence-electron chi connectivity index (χ3n) is 11.6. The molecule has 3 rings (SSSR count). The molecule has 1 fully saturated rings. The number of aromatic nitrogens is 1. The first-order valence-corrected chi connectivity index (χ1v) is 20.9. The van der Waals surface area contributed by atoms with Gasteiger partial charge in [0.05, 0.1) is 42.0 Å². The van der Waals surface area contributed by atoms with Crippen molar-refractivity contribution in [2.75, 3.05) is 34.9 Å². The second-order valence-corrected chi connectivity index (χ2v) is 16.9. The Kier molecular flexibility index (Phi) is 19.3. The van der Waals surface area contributed by atoms with Crippen molar-refractivity contribution in [1.29, 1.82) is 0 Å². The van der Waals surface area contributed by atoms with Gasteiger partial charge in [-0.15, -0.1) is 11.3 Å². The summed E-state index contributed by atoms with van der Waals surface area (Å²) in [5.74, 6) is -1.40. The quantitative estimate of drug-likeness (QED) is 0.125. The van der Waals surface area contributed by atoms with Gasteiger partial charge in [-0.3, -0.25) is 19.2 Å². The topological polar surface area (TPSA) is 144 Å². The van der Waals surface area contributed by atoms with Crippen LogP contribution in [0, 0.1) is 29.6 Å². The second kappa shape index (κ2) is 22.8. The van der Waals surface area contributed by atoms with Crippen LogP contribution in [-0.4, -0.2) is 110 Å². The number of nitrogens with zero attached hydrogens (tertiary/aromatic N) is 2. The van der Waals surface area contributed by atoms with Crippen molar-refractivity contribution in [3.05, 3.63) is 52.5 Å². The summed E-state index contributed by atoms with van der Waals surface area (Å²) >= 11 is 1.52. The number of methoxy groups -OCH3 is 2. The summed E-state index contributed by atoms with van der Waals surface area (Å²) in [6.07, 6.45) is 1.32. The van der Waals surface area contributed by atoms with Crippen LogP contribution in [0.25, 0.3) is 0 Å². The Balaban J connectivity index is 1.71. The average molecular weight is 786 g/mol. The fraction of sp³-hybridized carbons (Fsp3) is 0.698. The lowest BCUT2D eigenvalue weighted by Crippen LogP contribution is -2.52. The molecule has 2 N–H and O–H groups in total. The fourth-order valence-electron chi connectivity index (χ4n) is 8.24. The molecule has 2 heterocycles. The molecule has 2 aromatic rings. The van der Waals surface area contributed by atoms with E-state index in [9.17, 15) is 24.3 Å². The number of carbonyl (C=O) groups is 4. The number of aliphatic hydroxyl groups excluding tert-OH is 1. The molecule has 1 amide bonds. The van der Waals surface area contributed by atoms with Crippen molar-refractivity contribution < 1.29 is 38.5 Å².